The Hall–Kier alpha value is -0.373. The first-order valence-electron chi connectivity index (χ1n) is 4.72. The zero-order valence-electron chi connectivity index (χ0n) is 8.80. The summed E-state index contributed by atoms with van der Waals surface area (Å²) in [6.45, 7) is 2.13. The van der Waals surface area contributed by atoms with Crippen molar-refractivity contribution in [3.05, 3.63) is 0 Å². The molecule has 0 aromatic heterocycles. The van der Waals surface area contributed by atoms with E-state index in [1.807, 2.05) is 0 Å². The lowest BCUT2D eigenvalue weighted by Crippen LogP contribution is -2.39. The average Bonchev–Trinajstić information content (AvgIpc) is 2.17. The number of rotatable bonds is 7. The van der Waals surface area contributed by atoms with Crippen LogP contribution < -0.4 is 0 Å². The Morgan fingerprint density at radius 2 is 1.85 bits per heavy atom. The molecule has 0 saturated carbocycles. The highest BCUT2D eigenvalue weighted by Gasteiger charge is 2.33. The van der Waals surface area contributed by atoms with Gasteiger partial charge in [-0.1, -0.05) is 13.3 Å². The Kier molecular flexibility index (Phi) is 6.87. The summed E-state index contributed by atoms with van der Waals surface area (Å²) in [5.74, 6) is 0. The highest BCUT2D eigenvalue weighted by atomic mass is 28.4. The van der Waals surface area contributed by atoms with Gasteiger partial charge in [-0.2, -0.15) is 5.26 Å². The molecule has 0 aromatic rings. The number of hydrogen-bond donors (Lipinski definition) is 0. The van der Waals surface area contributed by atoms with Crippen LogP contribution in [0.2, 0.25) is 12.1 Å². The van der Waals surface area contributed by atoms with E-state index in [2.05, 4.69) is 13.0 Å². The van der Waals surface area contributed by atoms with Gasteiger partial charge in [0.1, 0.15) is 0 Å². The number of hydrogen-bond acceptors (Lipinski definition) is 3. The predicted octanol–water partition coefficient (Wildman–Crippen LogP) is 2.44. The van der Waals surface area contributed by atoms with E-state index in [1.54, 1.807) is 14.2 Å². The number of unbranched alkanes of at least 4 members (excludes halogenated alkanes) is 1. The fourth-order valence-electron chi connectivity index (χ4n) is 1.43. The summed E-state index contributed by atoms with van der Waals surface area (Å²) in [4.78, 5) is 0. The molecule has 0 saturated heterocycles. The topological polar surface area (TPSA) is 42.2 Å². The molecule has 0 fully saturated rings. The quantitative estimate of drug-likeness (QED) is 0.469. The molecule has 4 heteroatoms. The van der Waals surface area contributed by atoms with Crippen LogP contribution in [0.1, 0.15) is 26.2 Å². The third-order valence-corrected chi connectivity index (χ3v) is 6.09. The molecule has 13 heavy (non-hydrogen) atoms. The van der Waals surface area contributed by atoms with Crippen molar-refractivity contribution in [2.45, 2.75) is 38.3 Å². The van der Waals surface area contributed by atoms with Gasteiger partial charge < -0.3 is 8.85 Å². The van der Waals surface area contributed by atoms with Crippen LogP contribution in [0, 0.1) is 11.3 Å². The van der Waals surface area contributed by atoms with Gasteiger partial charge >= 0.3 is 8.56 Å². The van der Waals surface area contributed by atoms with Crippen LogP contribution in [0.25, 0.3) is 0 Å². The van der Waals surface area contributed by atoms with E-state index in [0.717, 1.165) is 24.9 Å². The van der Waals surface area contributed by atoms with Crippen molar-refractivity contribution in [3.63, 3.8) is 0 Å². The van der Waals surface area contributed by atoms with E-state index >= 15 is 0 Å². The molecule has 0 radical (unpaired) electrons. The lowest BCUT2D eigenvalue weighted by Gasteiger charge is -2.26. The minimum Gasteiger partial charge on any atom is -0.398 e. The highest BCUT2D eigenvalue weighted by molar-refractivity contribution is 6.67. The molecule has 0 unspecified atom stereocenters. The molecule has 0 aliphatic heterocycles. The summed E-state index contributed by atoms with van der Waals surface area (Å²) >= 11 is 0. The van der Waals surface area contributed by atoms with Crippen LogP contribution in [0.3, 0.4) is 0 Å². The maximum absolute atomic E-state index is 8.42. The molecule has 0 heterocycles. The van der Waals surface area contributed by atoms with E-state index in [0.29, 0.717) is 6.42 Å². The summed E-state index contributed by atoms with van der Waals surface area (Å²) in [7, 11) is 1.51. The number of nitrogens with zero attached hydrogens (tertiary/aromatic N) is 1. The zero-order chi connectivity index (χ0) is 10.2. The van der Waals surface area contributed by atoms with Crippen molar-refractivity contribution < 1.29 is 8.85 Å². The van der Waals surface area contributed by atoms with Gasteiger partial charge in [0, 0.05) is 20.6 Å². The fraction of sp³-hybridized carbons (Fsp3) is 0.889. The molecule has 0 N–H and O–H groups in total. The Morgan fingerprint density at radius 3 is 2.23 bits per heavy atom. The molecule has 0 aromatic carbocycles. The first-order chi connectivity index (χ1) is 6.24. The maximum atomic E-state index is 8.42. The first kappa shape index (κ1) is 12.6. The van der Waals surface area contributed by atoms with Crippen LogP contribution in [-0.2, 0) is 8.85 Å². The normalized spacial score (nSPS) is 11.2. The summed E-state index contributed by atoms with van der Waals surface area (Å²) < 4.78 is 11.0. The van der Waals surface area contributed by atoms with Gasteiger partial charge in [-0.25, -0.2) is 0 Å². The van der Waals surface area contributed by atoms with Crippen molar-refractivity contribution >= 4 is 8.56 Å². The molecular formula is C9H19NO2Si. The Morgan fingerprint density at radius 1 is 1.23 bits per heavy atom. The van der Waals surface area contributed by atoms with Gasteiger partial charge in [-0.15, -0.1) is 0 Å². The van der Waals surface area contributed by atoms with Gasteiger partial charge in [0.15, 0.2) is 0 Å². The van der Waals surface area contributed by atoms with Crippen LogP contribution in [-0.4, -0.2) is 22.8 Å². The third-order valence-electron chi connectivity index (χ3n) is 2.22. The van der Waals surface area contributed by atoms with Crippen molar-refractivity contribution in [2.24, 2.45) is 0 Å². The molecule has 0 bridgehead atoms. The standard InChI is InChI=1S/C9H19NO2Si/c1-4-8-13(11-2,12-3)9-6-5-7-10/h4-6,8-9H2,1-3H3. The van der Waals surface area contributed by atoms with Crippen LogP contribution in [0.15, 0.2) is 0 Å². The molecule has 0 amide bonds. The monoisotopic (exact) mass is 201 g/mol. The summed E-state index contributed by atoms with van der Waals surface area (Å²) in [6.07, 6.45) is 2.58. The molecule has 0 aliphatic rings. The second kappa shape index (κ2) is 7.07. The van der Waals surface area contributed by atoms with Crippen molar-refractivity contribution in [1.29, 1.82) is 5.26 Å². The molecule has 0 aliphatic carbocycles. The third kappa shape index (κ3) is 4.41. The Labute approximate surface area is 81.9 Å². The summed E-state index contributed by atoms with van der Waals surface area (Å²) in [6, 6.07) is 4.09. The number of nitriles is 1. The second-order valence-corrected chi connectivity index (χ2v) is 6.72. The minimum absolute atomic E-state index is 0.602. The first-order valence-corrected chi connectivity index (χ1v) is 6.95. The lowest BCUT2D eigenvalue weighted by atomic mass is 10.4. The van der Waals surface area contributed by atoms with E-state index in [4.69, 9.17) is 14.1 Å². The van der Waals surface area contributed by atoms with E-state index in [-0.39, 0.29) is 0 Å². The largest absolute Gasteiger partial charge is 0.398 e. The molecule has 0 atom stereocenters. The van der Waals surface area contributed by atoms with E-state index < -0.39 is 8.56 Å². The van der Waals surface area contributed by atoms with Crippen molar-refractivity contribution in [3.8, 4) is 6.07 Å². The highest BCUT2D eigenvalue weighted by Crippen LogP contribution is 2.21. The van der Waals surface area contributed by atoms with Crippen LogP contribution >= 0.6 is 0 Å². The SMILES string of the molecule is CCC[Si](CCCC#N)(OC)OC. The molecule has 76 valence electrons. The van der Waals surface area contributed by atoms with E-state index in [1.165, 1.54) is 0 Å². The molecule has 0 spiro atoms. The lowest BCUT2D eigenvalue weighted by molar-refractivity contribution is 0.240. The van der Waals surface area contributed by atoms with Crippen LogP contribution in [0.4, 0.5) is 0 Å². The Bertz CT molecular complexity index is 163. The van der Waals surface area contributed by atoms with Gasteiger partial charge in [0.2, 0.25) is 0 Å². The van der Waals surface area contributed by atoms with Crippen LogP contribution in [0.5, 0.6) is 0 Å². The zero-order valence-corrected chi connectivity index (χ0v) is 9.80. The van der Waals surface area contributed by atoms with Gasteiger partial charge in [-0.3, -0.25) is 0 Å². The average molecular weight is 201 g/mol. The van der Waals surface area contributed by atoms with Crippen molar-refractivity contribution in [1.82, 2.24) is 0 Å². The Balaban J connectivity index is 3.98. The molecule has 3 nitrogen and oxygen atoms in total. The van der Waals surface area contributed by atoms with Gasteiger partial charge in [0.05, 0.1) is 6.07 Å². The molecular weight excluding hydrogens is 182 g/mol. The van der Waals surface area contributed by atoms with Crippen molar-refractivity contribution in [2.75, 3.05) is 14.2 Å². The maximum Gasteiger partial charge on any atom is 0.337 e. The molecule has 0 rings (SSSR count). The minimum atomic E-state index is -1.93. The van der Waals surface area contributed by atoms with E-state index in [9.17, 15) is 0 Å². The summed E-state index contributed by atoms with van der Waals surface area (Å²) in [5.41, 5.74) is 0. The predicted molar refractivity (Wildman–Crippen MR) is 54.5 cm³/mol. The van der Waals surface area contributed by atoms with Gasteiger partial charge in [0.25, 0.3) is 0 Å². The van der Waals surface area contributed by atoms with Gasteiger partial charge in [-0.05, 0) is 18.5 Å². The summed E-state index contributed by atoms with van der Waals surface area (Å²) in [5, 5.41) is 8.42. The fourth-order valence-corrected chi connectivity index (χ4v) is 4.14. The second-order valence-electron chi connectivity index (χ2n) is 3.08. The smallest absolute Gasteiger partial charge is 0.337 e.